The number of para-hydroxylation sites is 1. The van der Waals surface area contributed by atoms with E-state index in [4.69, 9.17) is 9.47 Å². The average molecular weight is 415 g/mol. The van der Waals surface area contributed by atoms with Gasteiger partial charge in [0.1, 0.15) is 17.3 Å². The molecular weight excluding hydrogens is 389 g/mol. The highest BCUT2D eigenvalue weighted by Gasteiger charge is 2.22. The van der Waals surface area contributed by atoms with E-state index >= 15 is 0 Å². The molecule has 7 nitrogen and oxygen atoms in total. The highest BCUT2D eigenvalue weighted by Crippen LogP contribution is 2.21. The average Bonchev–Trinajstić information content (AvgIpc) is 2.77. The number of carbonyl (C=O) groups is 2. The lowest BCUT2D eigenvalue weighted by Gasteiger charge is -2.35. The number of rotatable bonds is 8. The number of piperazine rings is 1. The minimum absolute atomic E-state index is 0.0608. The van der Waals surface area contributed by atoms with Crippen LogP contribution < -0.4 is 14.8 Å². The van der Waals surface area contributed by atoms with Gasteiger partial charge in [0.25, 0.3) is 5.91 Å². The van der Waals surface area contributed by atoms with Crippen LogP contribution in [0.5, 0.6) is 11.5 Å². The number of ether oxygens (including phenoxy) is 2. The molecule has 0 aliphatic carbocycles. The second kappa shape index (κ2) is 10.6. The van der Waals surface area contributed by atoms with E-state index in [9.17, 15) is 14.0 Å². The summed E-state index contributed by atoms with van der Waals surface area (Å²) in [6.45, 7) is 2.78. The normalized spacial score (nSPS) is 14.3. The van der Waals surface area contributed by atoms with Crippen LogP contribution in [0.25, 0.3) is 0 Å². The monoisotopic (exact) mass is 415 g/mol. The van der Waals surface area contributed by atoms with Crippen LogP contribution in [0.2, 0.25) is 0 Å². The van der Waals surface area contributed by atoms with Crippen molar-refractivity contribution in [2.75, 3.05) is 46.4 Å². The molecule has 2 amide bonds. The van der Waals surface area contributed by atoms with Crippen molar-refractivity contribution in [2.24, 2.45) is 0 Å². The van der Waals surface area contributed by atoms with Gasteiger partial charge in [-0.25, -0.2) is 4.39 Å². The first-order valence-corrected chi connectivity index (χ1v) is 9.82. The summed E-state index contributed by atoms with van der Waals surface area (Å²) in [4.78, 5) is 28.1. The van der Waals surface area contributed by atoms with E-state index in [1.807, 2.05) is 18.2 Å². The summed E-state index contributed by atoms with van der Waals surface area (Å²) in [7, 11) is 1.56. The number of hydrogen-bond acceptors (Lipinski definition) is 5. The van der Waals surface area contributed by atoms with E-state index in [2.05, 4.69) is 10.2 Å². The van der Waals surface area contributed by atoms with Gasteiger partial charge in [-0.3, -0.25) is 14.5 Å². The zero-order valence-electron chi connectivity index (χ0n) is 17.0. The number of halogens is 1. The van der Waals surface area contributed by atoms with Crippen LogP contribution in [0.15, 0.2) is 48.5 Å². The van der Waals surface area contributed by atoms with Crippen LogP contribution in [0.4, 0.5) is 4.39 Å². The molecule has 1 fully saturated rings. The van der Waals surface area contributed by atoms with Crippen molar-refractivity contribution in [3.63, 3.8) is 0 Å². The van der Waals surface area contributed by atoms with E-state index in [1.165, 1.54) is 12.1 Å². The van der Waals surface area contributed by atoms with Crippen LogP contribution in [-0.2, 0) is 16.1 Å². The Morgan fingerprint density at radius 2 is 1.80 bits per heavy atom. The van der Waals surface area contributed by atoms with E-state index in [1.54, 1.807) is 30.2 Å². The van der Waals surface area contributed by atoms with Crippen molar-refractivity contribution in [1.29, 1.82) is 0 Å². The van der Waals surface area contributed by atoms with E-state index < -0.39 is 0 Å². The fourth-order valence-electron chi connectivity index (χ4n) is 3.27. The Balaban J connectivity index is 1.39. The largest absolute Gasteiger partial charge is 0.496 e. The third-order valence-electron chi connectivity index (χ3n) is 4.91. The quantitative estimate of drug-likeness (QED) is 0.710. The molecule has 0 atom stereocenters. The lowest BCUT2D eigenvalue weighted by Crippen LogP contribution is -2.51. The number of benzene rings is 2. The van der Waals surface area contributed by atoms with E-state index in [-0.39, 0.29) is 30.8 Å². The van der Waals surface area contributed by atoms with Crippen molar-refractivity contribution >= 4 is 11.8 Å². The van der Waals surface area contributed by atoms with Crippen LogP contribution in [0.3, 0.4) is 0 Å². The van der Waals surface area contributed by atoms with Gasteiger partial charge in [-0.15, -0.1) is 0 Å². The zero-order chi connectivity index (χ0) is 21.3. The number of nitrogens with zero attached hydrogens (tertiary/aromatic N) is 2. The Bertz CT molecular complexity index is 855. The van der Waals surface area contributed by atoms with Gasteiger partial charge in [-0.05, 0) is 30.3 Å². The smallest absolute Gasteiger partial charge is 0.258 e. The lowest BCUT2D eigenvalue weighted by molar-refractivity contribution is -0.134. The van der Waals surface area contributed by atoms with Crippen LogP contribution >= 0.6 is 0 Å². The molecule has 1 saturated heterocycles. The summed E-state index contributed by atoms with van der Waals surface area (Å²) in [6.07, 6.45) is 0. The number of nitrogens with one attached hydrogen (secondary N) is 1. The van der Waals surface area contributed by atoms with Gasteiger partial charge in [-0.2, -0.15) is 0 Å². The SMILES string of the molecule is COc1ccc(F)cc1CN1CCN(C(=O)CNC(=O)COc2ccccc2)CC1. The fourth-order valence-corrected chi connectivity index (χ4v) is 3.27. The predicted octanol–water partition coefficient (Wildman–Crippen LogP) is 1.67. The Hall–Kier alpha value is -3.13. The van der Waals surface area contributed by atoms with Crippen LogP contribution in [0, 0.1) is 5.82 Å². The molecule has 0 radical (unpaired) electrons. The standard InChI is InChI=1S/C22H26FN3O4/c1-29-20-8-7-18(23)13-17(20)15-25-9-11-26(12-10-25)22(28)14-24-21(27)16-30-19-5-3-2-4-6-19/h2-8,13H,9-12,14-16H2,1H3,(H,24,27). The summed E-state index contributed by atoms with van der Waals surface area (Å²) in [6, 6.07) is 13.5. The number of hydrogen-bond donors (Lipinski definition) is 1. The van der Waals surface area contributed by atoms with Crippen molar-refractivity contribution in [1.82, 2.24) is 15.1 Å². The number of methoxy groups -OCH3 is 1. The Morgan fingerprint density at radius 1 is 1.07 bits per heavy atom. The molecule has 1 N–H and O–H groups in total. The third kappa shape index (κ3) is 6.18. The molecule has 3 rings (SSSR count). The molecule has 1 aliphatic heterocycles. The van der Waals surface area contributed by atoms with Gasteiger partial charge in [0.2, 0.25) is 5.91 Å². The molecule has 8 heteroatoms. The van der Waals surface area contributed by atoms with Crippen molar-refractivity contribution in [3.05, 3.63) is 59.9 Å². The highest BCUT2D eigenvalue weighted by atomic mass is 19.1. The summed E-state index contributed by atoms with van der Waals surface area (Å²) in [5.41, 5.74) is 0.781. The van der Waals surface area contributed by atoms with Gasteiger partial charge < -0.3 is 19.7 Å². The molecule has 2 aromatic carbocycles. The predicted molar refractivity (Wildman–Crippen MR) is 110 cm³/mol. The number of carbonyl (C=O) groups excluding carboxylic acids is 2. The summed E-state index contributed by atoms with van der Waals surface area (Å²) < 4.78 is 24.2. The molecule has 1 aliphatic rings. The molecule has 0 unspecified atom stereocenters. The van der Waals surface area contributed by atoms with Gasteiger partial charge in [0.15, 0.2) is 6.61 Å². The molecular formula is C22H26FN3O4. The second-order valence-corrected chi connectivity index (χ2v) is 6.99. The van der Waals surface area contributed by atoms with Crippen LogP contribution in [-0.4, -0.2) is 68.1 Å². The molecule has 160 valence electrons. The first-order valence-electron chi connectivity index (χ1n) is 9.82. The topological polar surface area (TPSA) is 71.1 Å². The van der Waals surface area contributed by atoms with Gasteiger partial charge in [0.05, 0.1) is 13.7 Å². The summed E-state index contributed by atoms with van der Waals surface area (Å²) in [5.74, 6) is 0.474. The Morgan fingerprint density at radius 3 is 2.50 bits per heavy atom. The minimum atomic E-state index is -0.343. The highest BCUT2D eigenvalue weighted by molar-refractivity contribution is 5.85. The zero-order valence-corrected chi connectivity index (χ0v) is 17.0. The first kappa shape index (κ1) is 21.6. The van der Waals surface area contributed by atoms with Crippen molar-refractivity contribution in [2.45, 2.75) is 6.54 Å². The van der Waals surface area contributed by atoms with Crippen LogP contribution in [0.1, 0.15) is 5.56 Å². The Kier molecular flexibility index (Phi) is 7.62. The maximum atomic E-state index is 13.5. The van der Waals surface area contributed by atoms with E-state index in [0.29, 0.717) is 44.2 Å². The van der Waals surface area contributed by atoms with Crippen molar-refractivity contribution in [3.8, 4) is 11.5 Å². The second-order valence-electron chi connectivity index (χ2n) is 6.99. The first-order chi connectivity index (χ1) is 14.5. The molecule has 2 aromatic rings. The molecule has 30 heavy (non-hydrogen) atoms. The molecule has 0 bridgehead atoms. The Labute approximate surface area is 175 Å². The fraction of sp³-hybridized carbons (Fsp3) is 0.364. The lowest BCUT2D eigenvalue weighted by atomic mass is 10.1. The van der Waals surface area contributed by atoms with E-state index in [0.717, 1.165) is 5.56 Å². The maximum absolute atomic E-state index is 13.5. The summed E-state index contributed by atoms with van der Waals surface area (Å²) in [5, 5.41) is 2.60. The van der Waals surface area contributed by atoms with Gasteiger partial charge in [-0.1, -0.05) is 18.2 Å². The van der Waals surface area contributed by atoms with Gasteiger partial charge >= 0.3 is 0 Å². The summed E-state index contributed by atoms with van der Waals surface area (Å²) >= 11 is 0. The maximum Gasteiger partial charge on any atom is 0.258 e. The molecule has 0 spiro atoms. The molecule has 1 heterocycles. The molecule has 0 saturated carbocycles. The van der Waals surface area contributed by atoms with Gasteiger partial charge in [0, 0.05) is 38.3 Å². The molecule has 0 aromatic heterocycles. The third-order valence-corrected chi connectivity index (χ3v) is 4.91. The minimum Gasteiger partial charge on any atom is -0.496 e. The number of amides is 2. The van der Waals surface area contributed by atoms with Crippen molar-refractivity contribution < 1.29 is 23.5 Å².